The van der Waals surface area contributed by atoms with Gasteiger partial charge in [-0.25, -0.2) is 0 Å². The zero-order valence-corrected chi connectivity index (χ0v) is 12.8. The smallest absolute Gasteiger partial charge is 0.123 e. The van der Waals surface area contributed by atoms with Gasteiger partial charge in [0.2, 0.25) is 0 Å². The number of nitrogens with zero attached hydrogens (tertiary/aromatic N) is 3. The summed E-state index contributed by atoms with van der Waals surface area (Å²) in [4.78, 5) is 2.19. The molecule has 19 heavy (non-hydrogen) atoms. The lowest BCUT2D eigenvalue weighted by atomic mass is 10.2. The molecule has 2 rings (SSSR count). The standard InChI is InChI=1S/C14H18BrN3O/c1-3-19-14-7-5-4-6-12(14)9-17(2)11-18-10-13(15)8-16-18/h4-8,10H,3,9,11H2,1-2H3. The number of halogens is 1. The predicted octanol–water partition coefficient (Wildman–Crippen LogP) is 3.13. The van der Waals surface area contributed by atoms with Gasteiger partial charge in [-0.05, 0) is 36.0 Å². The Labute approximate surface area is 122 Å². The highest BCUT2D eigenvalue weighted by Gasteiger charge is 2.07. The lowest BCUT2D eigenvalue weighted by Crippen LogP contribution is -2.22. The average molecular weight is 324 g/mol. The Bertz CT molecular complexity index is 527. The molecule has 0 aliphatic carbocycles. The summed E-state index contributed by atoms with van der Waals surface area (Å²) in [6, 6.07) is 8.15. The van der Waals surface area contributed by atoms with Crippen molar-refractivity contribution >= 4 is 15.9 Å². The SMILES string of the molecule is CCOc1ccccc1CN(C)Cn1cc(Br)cn1. The van der Waals surface area contributed by atoms with Crippen molar-refractivity contribution < 1.29 is 4.74 Å². The van der Waals surface area contributed by atoms with E-state index in [0.29, 0.717) is 6.61 Å². The summed E-state index contributed by atoms with van der Waals surface area (Å²) < 4.78 is 8.53. The fourth-order valence-corrected chi connectivity index (χ4v) is 2.26. The molecule has 0 atom stereocenters. The highest BCUT2D eigenvalue weighted by atomic mass is 79.9. The van der Waals surface area contributed by atoms with E-state index in [9.17, 15) is 0 Å². The van der Waals surface area contributed by atoms with E-state index in [4.69, 9.17) is 4.74 Å². The molecule has 0 aliphatic rings. The topological polar surface area (TPSA) is 30.3 Å². The van der Waals surface area contributed by atoms with Gasteiger partial charge in [0.1, 0.15) is 5.75 Å². The van der Waals surface area contributed by atoms with E-state index in [2.05, 4.69) is 39.0 Å². The van der Waals surface area contributed by atoms with Gasteiger partial charge in [0, 0.05) is 18.3 Å². The van der Waals surface area contributed by atoms with Crippen molar-refractivity contribution in [3.05, 3.63) is 46.7 Å². The summed E-state index contributed by atoms with van der Waals surface area (Å²) in [6.07, 6.45) is 3.76. The van der Waals surface area contributed by atoms with E-state index >= 15 is 0 Å². The molecule has 0 saturated carbocycles. The lowest BCUT2D eigenvalue weighted by Gasteiger charge is -2.18. The fourth-order valence-electron chi connectivity index (χ4n) is 1.93. The number of aromatic nitrogens is 2. The quantitative estimate of drug-likeness (QED) is 0.818. The molecule has 0 unspecified atom stereocenters. The molecule has 0 N–H and O–H groups in total. The van der Waals surface area contributed by atoms with E-state index in [0.717, 1.165) is 23.4 Å². The first-order valence-corrected chi connectivity index (χ1v) is 7.05. The molecule has 102 valence electrons. The molecule has 0 radical (unpaired) electrons. The number of benzene rings is 1. The van der Waals surface area contributed by atoms with E-state index in [1.54, 1.807) is 6.20 Å². The van der Waals surface area contributed by atoms with Gasteiger partial charge in [0.05, 0.1) is 23.9 Å². The molecular weight excluding hydrogens is 306 g/mol. The van der Waals surface area contributed by atoms with Gasteiger partial charge in [-0.2, -0.15) is 5.10 Å². The molecular formula is C14H18BrN3O. The largest absolute Gasteiger partial charge is 0.494 e. The summed E-state index contributed by atoms with van der Waals surface area (Å²) >= 11 is 3.40. The Morgan fingerprint density at radius 2 is 2.16 bits per heavy atom. The summed E-state index contributed by atoms with van der Waals surface area (Å²) in [5, 5.41) is 4.25. The molecule has 0 saturated heterocycles. The van der Waals surface area contributed by atoms with Crippen molar-refractivity contribution in [2.75, 3.05) is 13.7 Å². The third-order valence-corrected chi connectivity index (χ3v) is 3.11. The van der Waals surface area contributed by atoms with Crippen LogP contribution < -0.4 is 4.74 Å². The summed E-state index contributed by atoms with van der Waals surface area (Å²) in [5.41, 5.74) is 1.19. The van der Waals surface area contributed by atoms with Crippen LogP contribution in [0.2, 0.25) is 0 Å². The number of ether oxygens (including phenoxy) is 1. The van der Waals surface area contributed by atoms with Crippen molar-refractivity contribution in [2.45, 2.75) is 20.1 Å². The second kappa shape index (κ2) is 6.73. The van der Waals surface area contributed by atoms with Crippen molar-refractivity contribution in [1.82, 2.24) is 14.7 Å². The fraction of sp³-hybridized carbons (Fsp3) is 0.357. The third-order valence-electron chi connectivity index (χ3n) is 2.70. The van der Waals surface area contributed by atoms with Crippen LogP contribution in [0.25, 0.3) is 0 Å². The van der Waals surface area contributed by atoms with Gasteiger partial charge in [-0.15, -0.1) is 0 Å². The van der Waals surface area contributed by atoms with Crippen molar-refractivity contribution in [1.29, 1.82) is 0 Å². The Kier molecular flexibility index (Phi) is 4.99. The van der Waals surface area contributed by atoms with Crippen LogP contribution in [0.3, 0.4) is 0 Å². The van der Waals surface area contributed by atoms with Crippen LogP contribution in [0.4, 0.5) is 0 Å². The normalized spacial score (nSPS) is 10.9. The van der Waals surface area contributed by atoms with Gasteiger partial charge in [-0.1, -0.05) is 18.2 Å². The number of para-hydroxylation sites is 1. The molecule has 1 aromatic heterocycles. The summed E-state index contributed by atoms with van der Waals surface area (Å²) in [5.74, 6) is 0.957. The Hall–Kier alpha value is -1.33. The third kappa shape index (κ3) is 4.08. The number of hydrogen-bond acceptors (Lipinski definition) is 3. The van der Waals surface area contributed by atoms with E-state index in [1.165, 1.54) is 5.56 Å². The molecule has 0 aliphatic heterocycles. The molecule has 1 heterocycles. The van der Waals surface area contributed by atoms with Crippen LogP contribution in [0, 0.1) is 0 Å². The average Bonchev–Trinajstić information content (AvgIpc) is 2.77. The maximum atomic E-state index is 5.64. The van der Waals surface area contributed by atoms with Crippen LogP contribution in [-0.2, 0) is 13.2 Å². The van der Waals surface area contributed by atoms with Crippen LogP contribution >= 0.6 is 15.9 Å². The minimum Gasteiger partial charge on any atom is -0.494 e. The molecule has 2 aromatic rings. The van der Waals surface area contributed by atoms with E-state index < -0.39 is 0 Å². The maximum Gasteiger partial charge on any atom is 0.123 e. The number of rotatable bonds is 6. The van der Waals surface area contributed by atoms with E-state index in [1.807, 2.05) is 36.0 Å². The van der Waals surface area contributed by atoms with Crippen LogP contribution in [0.5, 0.6) is 5.75 Å². The van der Waals surface area contributed by atoms with Gasteiger partial charge >= 0.3 is 0 Å². The Morgan fingerprint density at radius 1 is 1.37 bits per heavy atom. The zero-order chi connectivity index (χ0) is 13.7. The number of hydrogen-bond donors (Lipinski definition) is 0. The Morgan fingerprint density at radius 3 is 2.84 bits per heavy atom. The monoisotopic (exact) mass is 323 g/mol. The second-order valence-electron chi connectivity index (χ2n) is 4.39. The summed E-state index contributed by atoms with van der Waals surface area (Å²) in [6.45, 7) is 4.26. The van der Waals surface area contributed by atoms with Gasteiger partial charge in [0.15, 0.2) is 0 Å². The van der Waals surface area contributed by atoms with Crippen molar-refractivity contribution in [2.24, 2.45) is 0 Å². The molecule has 0 fully saturated rings. The first-order valence-electron chi connectivity index (χ1n) is 6.26. The highest BCUT2D eigenvalue weighted by molar-refractivity contribution is 9.10. The zero-order valence-electron chi connectivity index (χ0n) is 11.2. The van der Waals surface area contributed by atoms with Gasteiger partial charge < -0.3 is 4.74 Å². The second-order valence-corrected chi connectivity index (χ2v) is 5.31. The van der Waals surface area contributed by atoms with Crippen LogP contribution in [-0.4, -0.2) is 28.3 Å². The molecule has 0 spiro atoms. The lowest BCUT2D eigenvalue weighted by molar-refractivity contribution is 0.240. The van der Waals surface area contributed by atoms with E-state index in [-0.39, 0.29) is 0 Å². The van der Waals surface area contributed by atoms with Crippen LogP contribution in [0.15, 0.2) is 41.1 Å². The maximum absolute atomic E-state index is 5.64. The first-order chi connectivity index (χ1) is 9.19. The minimum absolute atomic E-state index is 0.687. The molecule has 5 heteroatoms. The van der Waals surface area contributed by atoms with Gasteiger partial charge in [0.25, 0.3) is 0 Å². The Balaban J connectivity index is 2.00. The highest BCUT2D eigenvalue weighted by Crippen LogP contribution is 2.19. The van der Waals surface area contributed by atoms with Crippen molar-refractivity contribution in [3.63, 3.8) is 0 Å². The predicted molar refractivity (Wildman–Crippen MR) is 79.0 cm³/mol. The molecule has 0 bridgehead atoms. The van der Waals surface area contributed by atoms with Crippen LogP contribution in [0.1, 0.15) is 12.5 Å². The van der Waals surface area contributed by atoms with Crippen molar-refractivity contribution in [3.8, 4) is 5.75 Å². The first kappa shape index (κ1) is 14.1. The minimum atomic E-state index is 0.687. The van der Waals surface area contributed by atoms with Gasteiger partial charge in [-0.3, -0.25) is 9.58 Å². The molecule has 4 nitrogen and oxygen atoms in total. The summed E-state index contributed by atoms with van der Waals surface area (Å²) in [7, 11) is 2.07. The molecule has 0 amide bonds. The molecule has 1 aromatic carbocycles.